The Morgan fingerprint density at radius 1 is 1.44 bits per heavy atom. The summed E-state index contributed by atoms with van der Waals surface area (Å²) in [6, 6.07) is 0. The summed E-state index contributed by atoms with van der Waals surface area (Å²) in [6.45, 7) is 6.20. The first-order valence-corrected chi connectivity index (χ1v) is 7.01. The minimum Gasteiger partial charge on any atom is -0.464 e. The van der Waals surface area contributed by atoms with Gasteiger partial charge < -0.3 is 9.47 Å². The molecule has 3 heteroatoms. The molecule has 3 aliphatic rings. The Labute approximate surface area is 109 Å². The maximum absolute atomic E-state index is 12.4. The van der Waals surface area contributed by atoms with Gasteiger partial charge in [0, 0.05) is 0 Å². The summed E-state index contributed by atoms with van der Waals surface area (Å²) < 4.78 is 10.9. The Morgan fingerprint density at radius 3 is 2.67 bits per heavy atom. The smallest absolute Gasteiger partial charge is 0.312 e. The van der Waals surface area contributed by atoms with Gasteiger partial charge in [0.2, 0.25) is 0 Å². The van der Waals surface area contributed by atoms with E-state index in [1.165, 1.54) is 0 Å². The number of carbonyl (C=O) groups is 1. The number of hydrogen-bond donors (Lipinski definition) is 0. The molecule has 2 bridgehead atoms. The second kappa shape index (κ2) is 4.09. The molecule has 0 aromatic heterocycles. The van der Waals surface area contributed by atoms with Gasteiger partial charge in [0.1, 0.15) is 6.61 Å². The summed E-state index contributed by atoms with van der Waals surface area (Å²) in [4.78, 5) is 12.4. The normalized spacial score (nSPS) is 39.7. The van der Waals surface area contributed by atoms with Crippen LogP contribution in [0.5, 0.6) is 0 Å². The lowest BCUT2D eigenvalue weighted by Crippen LogP contribution is -2.47. The molecule has 0 N–H and O–H groups in total. The molecule has 0 radical (unpaired) electrons. The summed E-state index contributed by atoms with van der Waals surface area (Å²) in [5.74, 6) is 0.990. The number of rotatable bonds is 4. The van der Waals surface area contributed by atoms with Crippen LogP contribution in [0.3, 0.4) is 0 Å². The Bertz CT molecular complexity index is 378. The van der Waals surface area contributed by atoms with E-state index in [4.69, 9.17) is 9.47 Å². The molecule has 1 heterocycles. The highest BCUT2D eigenvalue weighted by Gasteiger charge is 2.51. The Kier molecular flexibility index (Phi) is 2.77. The van der Waals surface area contributed by atoms with Crippen LogP contribution in [0.25, 0.3) is 0 Å². The molecule has 0 spiro atoms. The van der Waals surface area contributed by atoms with E-state index in [-0.39, 0.29) is 16.8 Å². The van der Waals surface area contributed by atoms with Gasteiger partial charge in [-0.2, -0.15) is 0 Å². The predicted octanol–water partition coefficient (Wildman–Crippen LogP) is 2.56. The van der Waals surface area contributed by atoms with Crippen LogP contribution in [0.15, 0.2) is 12.2 Å². The van der Waals surface area contributed by atoms with E-state index in [0.717, 1.165) is 32.5 Å². The molecule has 3 atom stereocenters. The van der Waals surface area contributed by atoms with Crippen LogP contribution in [-0.2, 0) is 14.3 Å². The average molecular weight is 250 g/mol. The first-order valence-electron chi connectivity index (χ1n) is 7.01. The van der Waals surface area contributed by atoms with Crippen LogP contribution in [-0.4, -0.2) is 25.8 Å². The highest BCUT2D eigenvalue weighted by molar-refractivity contribution is 5.78. The van der Waals surface area contributed by atoms with Gasteiger partial charge in [0.05, 0.1) is 24.0 Å². The zero-order valence-corrected chi connectivity index (χ0v) is 11.3. The van der Waals surface area contributed by atoms with Gasteiger partial charge >= 0.3 is 5.97 Å². The fourth-order valence-electron chi connectivity index (χ4n) is 3.49. The van der Waals surface area contributed by atoms with Gasteiger partial charge in [-0.15, -0.1) is 0 Å². The lowest BCUT2D eigenvalue weighted by Gasteiger charge is -2.41. The van der Waals surface area contributed by atoms with Gasteiger partial charge in [0.25, 0.3) is 0 Å². The van der Waals surface area contributed by atoms with Gasteiger partial charge in [-0.3, -0.25) is 4.79 Å². The number of ether oxygens (including phenoxy) is 2. The van der Waals surface area contributed by atoms with Crippen LogP contribution in [0.1, 0.15) is 33.1 Å². The summed E-state index contributed by atoms with van der Waals surface area (Å²) >= 11 is 0. The number of allylic oxidation sites excluding steroid dienone is 2. The zero-order chi connectivity index (χ0) is 12.8. The first kappa shape index (κ1) is 12.2. The average Bonchev–Trinajstić information content (AvgIpc) is 2.88. The summed E-state index contributed by atoms with van der Waals surface area (Å²) in [5.41, 5.74) is -0.182. The maximum Gasteiger partial charge on any atom is 0.312 e. The number of esters is 1. The summed E-state index contributed by atoms with van der Waals surface area (Å²) in [5, 5.41) is 0. The van der Waals surface area contributed by atoms with Crippen molar-refractivity contribution in [3.05, 3.63) is 12.2 Å². The first-order chi connectivity index (χ1) is 8.58. The number of carbonyl (C=O) groups excluding carboxylic acids is 1. The van der Waals surface area contributed by atoms with E-state index in [1.807, 2.05) is 0 Å². The standard InChI is InChI=1S/C15H22O3/c1-3-15(8-17-9-15)10-18-13(16)14(2)7-11-4-5-12(14)6-11/h4-5,11-12H,3,6-10H2,1-2H3. The van der Waals surface area contributed by atoms with Crippen molar-refractivity contribution in [3.8, 4) is 0 Å². The van der Waals surface area contributed by atoms with Crippen LogP contribution in [0.4, 0.5) is 0 Å². The molecule has 100 valence electrons. The second-order valence-corrected chi connectivity index (χ2v) is 6.53. The molecule has 0 amide bonds. The Morgan fingerprint density at radius 2 is 2.22 bits per heavy atom. The number of fused-ring (bicyclic) bond motifs is 2. The SMILES string of the molecule is CCC1(COC(=O)C2(C)CC3C=CC2C3)COC1. The molecule has 3 nitrogen and oxygen atoms in total. The molecule has 3 unspecified atom stereocenters. The van der Waals surface area contributed by atoms with Crippen molar-refractivity contribution in [1.29, 1.82) is 0 Å². The molecule has 2 aliphatic carbocycles. The van der Waals surface area contributed by atoms with Crippen molar-refractivity contribution in [3.63, 3.8) is 0 Å². The van der Waals surface area contributed by atoms with E-state index in [1.54, 1.807) is 0 Å². The molecular weight excluding hydrogens is 228 g/mol. The van der Waals surface area contributed by atoms with Gasteiger partial charge in [-0.25, -0.2) is 0 Å². The molecule has 1 saturated carbocycles. The highest BCUT2D eigenvalue weighted by Crippen LogP contribution is 2.52. The van der Waals surface area contributed by atoms with Crippen LogP contribution in [0.2, 0.25) is 0 Å². The minimum atomic E-state index is -0.279. The van der Waals surface area contributed by atoms with Gasteiger partial charge in [0.15, 0.2) is 0 Å². The van der Waals surface area contributed by atoms with Crippen molar-refractivity contribution in [2.24, 2.45) is 22.7 Å². The molecular formula is C15H22O3. The molecule has 18 heavy (non-hydrogen) atoms. The van der Waals surface area contributed by atoms with Crippen molar-refractivity contribution in [1.82, 2.24) is 0 Å². The largest absolute Gasteiger partial charge is 0.464 e. The number of hydrogen-bond acceptors (Lipinski definition) is 3. The predicted molar refractivity (Wildman–Crippen MR) is 68.0 cm³/mol. The molecule has 0 aromatic rings. The lowest BCUT2D eigenvalue weighted by atomic mass is 9.77. The van der Waals surface area contributed by atoms with Crippen molar-refractivity contribution in [2.75, 3.05) is 19.8 Å². The fraction of sp³-hybridized carbons (Fsp3) is 0.800. The third-order valence-corrected chi connectivity index (χ3v) is 5.22. The van der Waals surface area contributed by atoms with E-state index in [9.17, 15) is 4.79 Å². The maximum atomic E-state index is 12.4. The Balaban J connectivity index is 1.60. The zero-order valence-electron chi connectivity index (χ0n) is 11.3. The molecule has 2 fully saturated rings. The third-order valence-electron chi connectivity index (χ3n) is 5.22. The van der Waals surface area contributed by atoms with Gasteiger partial charge in [-0.05, 0) is 38.0 Å². The lowest BCUT2D eigenvalue weighted by molar-refractivity contribution is -0.179. The summed E-state index contributed by atoms with van der Waals surface area (Å²) in [6.07, 6.45) is 7.57. The van der Waals surface area contributed by atoms with E-state index in [2.05, 4.69) is 26.0 Å². The Hall–Kier alpha value is -0.830. The highest BCUT2D eigenvalue weighted by atomic mass is 16.5. The molecule has 1 saturated heterocycles. The van der Waals surface area contributed by atoms with Crippen molar-refractivity contribution < 1.29 is 14.3 Å². The third kappa shape index (κ3) is 1.71. The topological polar surface area (TPSA) is 35.5 Å². The van der Waals surface area contributed by atoms with Crippen molar-refractivity contribution in [2.45, 2.75) is 33.1 Å². The van der Waals surface area contributed by atoms with Crippen molar-refractivity contribution >= 4 is 5.97 Å². The molecule has 3 rings (SSSR count). The molecule has 0 aromatic carbocycles. The van der Waals surface area contributed by atoms with Crippen LogP contribution in [0, 0.1) is 22.7 Å². The minimum absolute atomic E-state index is 0.000856. The van der Waals surface area contributed by atoms with E-state index < -0.39 is 0 Å². The second-order valence-electron chi connectivity index (χ2n) is 6.53. The summed E-state index contributed by atoms with van der Waals surface area (Å²) in [7, 11) is 0. The van der Waals surface area contributed by atoms with E-state index in [0.29, 0.717) is 18.4 Å². The van der Waals surface area contributed by atoms with Crippen LogP contribution < -0.4 is 0 Å². The molecule has 1 aliphatic heterocycles. The quantitative estimate of drug-likeness (QED) is 0.568. The van der Waals surface area contributed by atoms with E-state index >= 15 is 0 Å². The van der Waals surface area contributed by atoms with Crippen LogP contribution >= 0.6 is 0 Å². The monoisotopic (exact) mass is 250 g/mol. The van der Waals surface area contributed by atoms with Gasteiger partial charge in [-0.1, -0.05) is 19.1 Å². The fourth-order valence-corrected chi connectivity index (χ4v) is 3.49.